The highest BCUT2D eigenvalue weighted by Gasteiger charge is 2.31. The van der Waals surface area contributed by atoms with Crippen molar-refractivity contribution >= 4 is 29.0 Å². The molecule has 1 heterocycles. The van der Waals surface area contributed by atoms with Crippen LogP contribution in [0.1, 0.15) is 32.1 Å². The molecular weight excluding hydrogens is 244 g/mol. The maximum Gasteiger partial charge on any atom is 0.237 e. The van der Waals surface area contributed by atoms with Crippen molar-refractivity contribution in [1.29, 1.82) is 0 Å². The minimum atomic E-state index is 0.241. The van der Waals surface area contributed by atoms with E-state index in [-0.39, 0.29) is 5.91 Å². The molecular formula is C14H18N2OS. The van der Waals surface area contributed by atoms with E-state index in [0.717, 1.165) is 24.2 Å². The summed E-state index contributed by atoms with van der Waals surface area (Å²) in [6.07, 6.45) is 6.03. The molecule has 2 aliphatic rings. The number of rotatable bonds is 1. The van der Waals surface area contributed by atoms with Gasteiger partial charge in [0.25, 0.3) is 0 Å². The second-order valence-corrected chi connectivity index (χ2v) is 6.09. The van der Waals surface area contributed by atoms with E-state index in [1.165, 1.54) is 24.2 Å². The van der Waals surface area contributed by atoms with Crippen LogP contribution in [0.25, 0.3) is 0 Å². The van der Waals surface area contributed by atoms with Gasteiger partial charge in [0.2, 0.25) is 5.91 Å². The molecule has 0 aromatic heterocycles. The lowest BCUT2D eigenvalue weighted by molar-refractivity contribution is -0.116. The van der Waals surface area contributed by atoms with Crippen LogP contribution in [0.15, 0.2) is 23.1 Å². The highest BCUT2D eigenvalue weighted by molar-refractivity contribution is 8.00. The third kappa shape index (κ3) is 2.09. The highest BCUT2D eigenvalue weighted by Crippen LogP contribution is 2.39. The molecule has 0 saturated heterocycles. The molecule has 1 aromatic carbocycles. The molecule has 1 fully saturated rings. The van der Waals surface area contributed by atoms with Gasteiger partial charge < -0.3 is 10.6 Å². The van der Waals surface area contributed by atoms with Crippen LogP contribution in [0.4, 0.5) is 11.4 Å². The van der Waals surface area contributed by atoms with Crippen LogP contribution in [0, 0.1) is 0 Å². The Labute approximate surface area is 112 Å². The Bertz CT molecular complexity index is 469. The molecule has 3 rings (SSSR count). The van der Waals surface area contributed by atoms with Crippen molar-refractivity contribution in [1.82, 2.24) is 0 Å². The maximum absolute atomic E-state index is 12.2. The van der Waals surface area contributed by atoms with Crippen molar-refractivity contribution < 1.29 is 4.79 Å². The molecule has 1 amide bonds. The van der Waals surface area contributed by atoms with E-state index in [1.54, 1.807) is 11.8 Å². The van der Waals surface area contributed by atoms with Crippen molar-refractivity contribution in [3.05, 3.63) is 18.2 Å². The number of carbonyl (C=O) groups is 1. The summed E-state index contributed by atoms with van der Waals surface area (Å²) in [5, 5.41) is 0. The quantitative estimate of drug-likeness (QED) is 0.791. The van der Waals surface area contributed by atoms with Crippen molar-refractivity contribution in [2.24, 2.45) is 0 Å². The summed E-state index contributed by atoms with van der Waals surface area (Å²) in [6, 6.07) is 6.29. The fraction of sp³-hybridized carbons (Fsp3) is 0.500. The molecule has 4 heteroatoms. The van der Waals surface area contributed by atoms with E-state index in [1.807, 2.05) is 23.1 Å². The number of nitrogen functional groups attached to an aromatic ring is 1. The predicted molar refractivity (Wildman–Crippen MR) is 75.9 cm³/mol. The largest absolute Gasteiger partial charge is 0.399 e. The van der Waals surface area contributed by atoms with Crippen molar-refractivity contribution in [2.45, 2.75) is 43.0 Å². The lowest BCUT2D eigenvalue weighted by Crippen LogP contribution is -2.44. The first-order chi connectivity index (χ1) is 8.75. The zero-order valence-corrected chi connectivity index (χ0v) is 11.2. The van der Waals surface area contributed by atoms with E-state index in [0.29, 0.717) is 11.8 Å². The number of amides is 1. The molecule has 0 radical (unpaired) electrons. The third-order valence-electron chi connectivity index (χ3n) is 3.80. The van der Waals surface area contributed by atoms with Gasteiger partial charge in [0, 0.05) is 16.6 Å². The van der Waals surface area contributed by atoms with Crippen LogP contribution < -0.4 is 10.6 Å². The molecule has 1 saturated carbocycles. The summed E-state index contributed by atoms with van der Waals surface area (Å²) in [4.78, 5) is 15.4. The SMILES string of the molecule is Nc1ccc2c(c1)N(C1CCCCC1)C(=O)CS2. The van der Waals surface area contributed by atoms with E-state index < -0.39 is 0 Å². The predicted octanol–water partition coefficient (Wildman–Crippen LogP) is 3.04. The van der Waals surface area contributed by atoms with Gasteiger partial charge in [-0.3, -0.25) is 4.79 Å². The van der Waals surface area contributed by atoms with Gasteiger partial charge in [-0.1, -0.05) is 19.3 Å². The second kappa shape index (κ2) is 4.84. The molecule has 1 aliphatic carbocycles. The van der Waals surface area contributed by atoms with E-state index in [9.17, 15) is 4.79 Å². The molecule has 0 spiro atoms. The summed E-state index contributed by atoms with van der Waals surface area (Å²) in [7, 11) is 0. The molecule has 3 nitrogen and oxygen atoms in total. The van der Waals surface area contributed by atoms with Gasteiger partial charge in [0.15, 0.2) is 0 Å². The van der Waals surface area contributed by atoms with Gasteiger partial charge >= 0.3 is 0 Å². The van der Waals surface area contributed by atoms with Gasteiger partial charge in [-0.15, -0.1) is 11.8 Å². The minimum Gasteiger partial charge on any atom is -0.399 e. The molecule has 18 heavy (non-hydrogen) atoms. The second-order valence-electron chi connectivity index (χ2n) is 5.07. The number of nitrogens with two attached hydrogens (primary N) is 1. The molecule has 0 bridgehead atoms. The fourth-order valence-corrected chi connectivity index (χ4v) is 3.82. The van der Waals surface area contributed by atoms with Crippen LogP contribution in [0.5, 0.6) is 0 Å². The Morgan fingerprint density at radius 2 is 2.00 bits per heavy atom. The number of anilines is 2. The first-order valence-corrected chi connectivity index (χ1v) is 7.58. The summed E-state index contributed by atoms with van der Waals surface area (Å²) in [5.41, 5.74) is 7.64. The highest BCUT2D eigenvalue weighted by atomic mass is 32.2. The average Bonchev–Trinajstić information content (AvgIpc) is 2.39. The van der Waals surface area contributed by atoms with E-state index >= 15 is 0 Å². The topological polar surface area (TPSA) is 46.3 Å². The van der Waals surface area contributed by atoms with Gasteiger partial charge in [0.05, 0.1) is 11.4 Å². The lowest BCUT2D eigenvalue weighted by atomic mass is 9.93. The van der Waals surface area contributed by atoms with Crippen LogP contribution in [0.3, 0.4) is 0 Å². The number of nitrogens with zero attached hydrogens (tertiary/aromatic N) is 1. The van der Waals surface area contributed by atoms with E-state index in [2.05, 4.69) is 0 Å². The molecule has 0 atom stereocenters. The lowest BCUT2D eigenvalue weighted by Gasteiger charge is -2.37. The average molecular weight is 262 g/mol. The molecule has 2 N–H and O–H groups in total. The first kappa shape index (κ1) is 11.9. The minimum absolute atomic E-state index is 0.241. The maximum atomic E-state index is 12.2. The Morgan fingerprint density at radius 3 is 2.78 bits per heavy atom. The Balaban J connectivity index is 1.97. The third-order valence-corrected chi connectivity index (χ3v) is 4.85. The van der Waals surface area contributed by atoms with Gasteiger partial charge in [-0.05, 0) is 31.0 Å². The normalized spacial score (nSPS) is 20.9. The number of hydrogen-bond donors (Lipinski definition) is 1. The molecule has 0 unspecified atom stereocenters. The zero-order valence-electron chi connectivity index (χ0n) is 10.4. The number of carbonyl (C=O) groups excluding carboxylic acids is 1. The van der Waals surface area contributed by atoms with Crippen LogP contribution in [-0.4, -0.2) is 17.7 Å². The Kier molecular flexibility index (Phi) is 3.20. The van der Waals surface area contributed by atoms with Gasteiger partial charge in [-0.2, -0.15) is 0 Å². The van der Waals surface area contributed by atoms with Gasteiger partial charge in [-0.25, -0.2) is 0 Å². The summed E-state index contributed by atoms with van der Waals surface area (Å²) < 4.78 is 0. The van der Waals surface area contributed by atoms with Crippen LogP contribution in [-0.2, 0) is 4.79 Å². The summed E-state index contributed by atoms with van der Waals surface area (Å²) in [5.74, 6) is 0.804. The summed E-state index contributed by atoms with van der Waals surface area (Å²) >= 11 is 1.63. The van der Waals surface area contributed by atoms with Crippen LogP contribution in [0.2, 0.25) is 0 Å². The van der Waals surface area contributed by atoms with Crippen molar-refractivity contribution in [3.63, 3.8) is 0 Å². The Hall–Kier alpha value is -1.16. The van der Waals surface area contributed by atoms with Gasteiger partial charge in [0.1, 0.15) is 0 Å². The number of benzene rings is 1. The first-order valence-electron chi connectivity index (χ1n) is 6.60. The van der Waals surface area contributed by atoms with Crippen molar-refractivity contribution in [2.75, 3.05) is 16.4 Å². The Morgan fingerprint density at radius 1 is 1.22 bits per heavy atom. The standard InChI is InChI=1S/C14H18N2OS/c15-10-6-7-13-12(8-10)16(14(17)9-18-13)11-4-2-1-3-5-11/h6-8,11H,1-5,9,15H2. The van der Waals surface area contributed by atoms with E-state index in [4.69, 9.17) is 5.73 Å². The molecule has 1 aliphatic heterocycles. The molecule has 1 aromatic rings. The smallest absolute Gasteiger partial charge is 0.237 e. The van der Waals surface area contributed by atoms with Crippen LogP contribution >= 0.6 is 11.8 Å². The van der Waals surface area contributed by atoms with Crippen molar-refractivity contribution in [3.8, 4) is 0 Å². The monoisotopic (exact) mass is 262 g/mol. The molecule has 96 valence electrons. The summed E-state index contributed by atoms with van der Waals surface area (Å²) in [6.45, 7) is 0. The number of fused-ring (bicyclic) bond motifs is 1. The fourth-order valence-electron chi connectivity index (χ4n) is 2.93. The number of hydrogen-bond acceptors (Lipinski definition) is 3. The number of thioether (sulfide) groups is 1. The zero-order chi connectivity index (χ0) is 12.5.